The molecule has 4 rings (SSSR count). The minimum absolute atomic E-state index is 0.158. The van der Waals surface area contributed by atoms with Crippen molar-refractivity contribution >= 4 is 6.09 Å². The largest absolute Gasteiger partial charge is 0.444 e. The molecule has 4 heterocycles. The average Bonchev–Trinajstić information content (AvgIpc) is 2.51. The summed E-state index contributed by atoms with van der Waals surface area (Å²) in [5, 5.41) is 0. The van der Waals surface area contributed by atoms with Crippen LogP contribution in [0.3, 0.4) is 0 Å². The van der Waals surface area contributed by atoms with Gasteiger partial charge in [0, 0.05) is 6.04 Å². The Morgan fingerprint density at radius 3 is 2.69 bits per heavy atom. The first kappa shape index (κ1) is 10.4. The lowest BCUT2D eigenvalue weighted by molar-refractivity contribution is -0.00875. The first-order chi connectivity index (χ1) is 7.44. The van der Waals surface area contributed by atoms with Crippen LogP contribution in [0.1, 0.15) is 40.0 Å². The number of carbonyl (C=O) groups excluding carboxylic acids is 1. The molecule has 4 atom stereocenters. The summed E-state index contributed by atoms with van der Waals surface area (Å²) >= 11 is 0. The third-order valence-corrected chi connectivity index (χ3v) is 3.70. The van der Waals surface area contributed by atoms with E-state index in [1.165, 1.54) is 0 Å². The van der Waals surface area contributed by atoms with E-state index in [1.54, 1.807) is 0 Å². The van der Waals surface area contributed by atoms with Gasteiger partial charge in [-0.15, -0.1) is 0 Å². The zero-order valence-electron chi connectivity index (χ0n) is 10.1. The Kier molecular flexibility index (Phi) is 2.03. The third-order valence-electron chi connectivity index (χ3n) is 3.70. The van der Waals surface area contributed by atoms with Crippen molar-refractivity contribution in [2.24, 2.45) is 0 Å². The van der Waals surface area contributed by atoms with Crippen molar-refractivity contribution in [2.75, 3.05) is 0 Å². The highest BCUT2D eigenvalue weighted by Gasteiger charge is 2.56. The van der Waals surface area contributed by atoms with Gasteiger partial charge in [0.1, 0.15) is 5.60 Å². The second-order valence-electron chi connectivity index (χ2n) is 6.11. The molecule has 4 aliphatic heterocycles. The van der Waals surface area contributed by atoms with Crippen LogP contribution in [0.5, 0.6) is 0 Å². The fourth-order valence-electron chi connectivity index (χ4n) is 3.24. The molecule has 0 aromatic carbocycles. The molecule has 90 valence electrons. The SMILES string of the molecule is CC(C)(C)OC(=O)N1C2CC3CC1C(C2)O3. The Balaban J connectivity index is 1.74. The van der Waals surface area contributed by atoms with Crippen molar-refractivity contribution in [2.45, 2.75) is 69.9 Å². The van der Waals surface area contributed by atoms with Crippen LogP contribution < -0.4 is 0 Å². The number of amides is 1. The molecule has 0 N–H and O–H groups in total. The summed E-state index contributed by atoms with van der Waals surface area (Å²) in [4.78, 5) is 14.0. The molecule has 4 nitrogen and oxygen atoms in total. The van der Waals surface area contributed by atoms with Gasteiger partial charge >= 0.3 is 6.09 Å². The lowest BCUT2D eigenvalue weighted by atomic mass is 10.0. The molecule has 4 fully saturated rings. The monoisotopic (exact) mass is 225 g/mol. The molecule has 0 spiro atoms. The van der Waals surface area contributed by atoms with Gasteiger partial charge in [0.2, 0.25) is 0 Å². The maximum atomic E-state index is 12.1. The highest BCUT2D eigenvalue weighted by molar-refractivity contribution is 5.70. The van der Waals surface area contributed by atoms with Crippen molar-refractivity contribution in [1.29, 1.82) is 0 Å². The van der Waals surface area contributed by atoms with Crippen LogP contribution in [-0.2, 0) is 9.47 Å². The highest BCUT2D eigenvalue weighted by Crippen LogP contribution is 2.45. The fraction of sp³-hybridized carbons (Fsp3) is 0.917. The van der Waals surface area contributed by atoms with E-state index in [1.807, 2.05) is 25.7 Å². The zero-order chi connectivity index (χ0) is 11.5. The molecular formula is C12H19NO3. The number of rotatable bonds is 0. The van der Waals surface area contributed by atoms with Gasteiger partial charge in [0.05, 0.1) is 18.2 Å². The van der Waals surface area contributed by atoms with E-state index in [9.17, 15) is 4.79 Å². The van der Waals surface area contributed by atoms with Crippen molar-refractivity contribution in [3.05, 3.63) is 0 Å². The first-order valence-corrected chi connectivity index (χ1v) is 6.11. The highest BCUT2D eigenvalue weighted by atomic mass is 16.6. The molecule has 0 aromatic heterocycles. The van der Waals surface area contributed by atoms with Gasteiger partial charge in [0.15, 0.2) is 0 Å². The zero-order valence-corrected chi connectivity index (χ0v) is 10.1. The molecule has 4 unspecified atom stereocenters. The van der Waals surface area contributed by atoms with Gasteiger partial charge < -0.3 is 9.47 Å². The summed E-state index contributed by atoms with van der Waals surface area (Å²) in [6, 6.07) is 0.635. The molecule has 4 heteroatoms. The molecule has 4 saturated heterocycles. The number of nitrogens with zero attached hydrogens (tertiary/aromatic N) is 1. The minimum Gasteiger partial charge on any atom is -0.444 e. The van der Waals surface area contributed by atoms with Crippen molar-refractivity contribution in [3.8, 4) is 0 Å². The van der Waals surface area contributed by atoms with Crippen LogP contribution in [0.2, 0.25) is 0 Å². The second-order valence-corrected chi connectivity index (χ2v) is 6.11. The maximum absolute atomic E-state index is 12.1. The quantitative estimate of drug-likeness (QED) is 0.632. The van der Waals surface area contributed by atoms with Gasteiger partial charge in [-0.3, -0.25) is 4.90 Å². The predicted octanol–water partition coefficient (Wildman–Crippen LogP) is 1.93. The lowest BCUT2D eigenvalue weighted by Crippen LogP contribution is -2.48. The fourth-order valence-corrected chi connectivity index (χ4v) is 3.24. The maximum Gasteiger partial charge on any atom is 0.410 e. The van der Waals surface area contributed by atoms with Crippen LogP contribution in [0, 0.1) is 0 Å². The normalized spacial score (nSPS) is 40.6. The molecule has 0 aromatic rings. The van der Waals surface area contributed by atoms with E-state index in [-0.39, 0.29) is 18.2 Å². The number of piperidine rings is 1. The van der Waals surface area contributed by atoms with Crippen LogP contribution in [0.15, 0.2) is 0 Å². The number of carbonyl (C=O) groups is 1. The van der Waals surface area contributed by atoms with Gasteiger partial charge in [0.25, 0.3) is 0 Å². The summed E-state index contributed by atoms with van der Waals surface area (Å²) < 4.78 is 11.3. The Bertz CT molecular complexity index is 319. The van der Waals surface area contributed by atoms with E-state index < -0.39 is 5.60 Å². The summed E-state index contributed by atoms with van der Waals surface area (Å²) in [6.07, 6.45) is 3.50. The minimum atomic E-state index is -0.405. The standard InChI is InChI=1S/C12H19NO3/c1-12(2,3)16-11(14)13-7-4-8-6-9(13)10(5-7)15-8/h7-10H,4-6H2,1-3H3. The van der Waals surface area contributed by atoms with Gasteiger partial charge in [-0.1, -0.05) is 0 Å². The molecule has 16 heavy (non-hydrogen) atoms. The molecule has 0 aliphatic carbocycles. The Morgan fingerprint density at radius 1 is 1.31 bits per heavy atom. The smallest absolute Gasteiger partial charge is 0.410 e. The van der Waals surface area contributed by atoms with E-state index in [0.29, 0.717) is 12.1 Å². The van der Waals surface area contributed by atoms with Crippen LogP contribution in [-0.4, -0.2) is 40.9 Å². The van der Waals surface area contributed by atoms with Gasteiger partial charge in [-0.25, -0.2) is 4.79 Å². The van der Waals surface area contributed by atoms with Crippen molar-refractivity contribution < 1.29 is 14.3 Å². The summed E-state index contributed by atoms with van der Waals surface area (Å²) in [5.41, 5.74) is -0.405. The summed E-state index contributed by atoms with van der Waals surface area (Å²) in [6.45, 7) is 5.73. The molecule has 0 saturated carbocycles. The first-order valence-electron chi connectivity index (χ1n) is 6.11. The van der Waals surface area contributed by atoms with Gasteiger partial charge in [-0.2, -0.15) is 0 Å². The Morgan fingerprint density at radius 2 is 2.06 bits per heavy atom. The van der Waals surface area contributed by atoms with Gasteiger partial charge in [-0.05, 0) is 40.0 Å². The molecule has 0 radical (unpaired) electrons. The van der Waals surface area contributed by atoms with Crippen molar-refractivity contribution in [1.82, 2.24) is 4.90 Å². The topological polar surface area (TPSA) is 38.8 Å². The number of hydrogen-bond donors (Lipinski definition) is 0. The van der Waals surface area contributed by atoms with Crippen molar-refractivity contribution in [3.63, 3.8) is 0 Å². The summed E-state index contributed by atoms with van der Waals surface area (Å²) in [7, 11) is 0. The van der Waals surface area contributed by atoms with Crippen LogP contribution >= 0.6 is 0 Å². The lowest BCUT2D eigenvalue weighted by Gasteiger charge is -2.35. The Labute approximate surface area is 95.9 Å². The molecule has 1 amide bonds. The third kappa shape index (κ3) is 1.51. The van der Waals surface area contributed by atoms with Crippen LogP contribution in [0.25, 0.3) is 0 Å². The predicted molar refractivity (Wildman–Crippen MR) is 58.2 cm³/mol. The van der Waals surface area contributed by atoms with E-state index in [2.05, 4.69) is 0 Å². The van der Waals surface area contributed by atoms with E-state index in [4.69, 9.17) is 9.47 Å². The number of hydrogen-bond acceptors (Lipinski definition) is 3. The van der Waals surface area contributed by atoms with Crippen LogP contribution in [0.4, 0.5) is 4.79 Å². The summed E-state index contributed by atoms with van der Waals surface area (Å²) in [5.74, 6) is 0. The second kappa shape index (κ2) is 3.13. The number of ether oxygens (including phenoxy) is 2. The molecule has 4 bridgehead atoms. The van der Waals surface area contributed by atoms with E-state index >= 15 is 0 Å². The molecule has 4 aliphatic rings. The average molecular weight is 225 g/mol. The molecular weight excluding hydrogens is 206 g/mol. The Hall–Kier alpha value is -0.770. The van der Waals surface area contributed by atoms with E-state index in [0.717, 1.165) is 19.3 Å².